The summed E-state index contributed by atoms with van der Waals surface area (Å²) in [5, 5.41) is 2.92. The van der Waals surface area contributed by atoms with E-state index in [9.17, 15) is 9.59 Å². The van der Waals surface area contributed by atoms with Crippen molar-refractivity contribution in [1.29, 1.82) is 0 Å². The van der Waals surface area contributed by atoms with Crippen molar-refractivity contribution in [1.82, 2.24) is 10.2 Å². The van der Waals surface area contributed by atoms with Crippen LogP contribution in [0.4, 0.5) is 0 Å². The van der Waals surface area contributed by atoms with Crippen molar-refractivity contribution in [2.45, 2.75) is 46.0 Å². The molecule has 0 spiro atoms. The molecular formula is C24H32N2O2. The van der Waals surface area contributed by atoms with Crippen molar-refractivity contribution < 1.29 is 9.59 Å². The highest BCUT2D eigenvalue weighted by Crippen LogP contribution is 2.22. The van der Waals surface area contributed by atoms with E-state index < -0.39 is 0 Å². The molecule has 2 aromatic rings. The van der Waals surface area contributed by atoms with E-state index in [1.54, 1.807) is 11.8 Å². The molecule has 0 aliphatic carbocycles. The van der Waals surface area contributed by atoms with Gasteiger partial charge in [0, 0.05) is 32.1 Å². The quantitative estimate of drug-likeness (QED) is 0.746. The molecule has 0 fully saturated rings. The van der Waals surface area contributed by atoms with Gasteiger partial charge in [0.2, 0.25) is 5.91 Å². The molecule has 0 bridgehead atoms. The van der Waals surface area contributed by atoms with Crippen LogP contribution in [0.5, 0.6) is 0 Å². The minimum Gasteiger partial charge on any atom is -0.350 e. The first-order valence-electron chi connectivity index (χ1n) is 9.95. The van der Waals surface area contributed by atoms with Gasteiger partial charge in [-0.3, -0.25) is 9.59 Å². The minimum absolute atomic E-state index is 0.0387. The number of hydrogen-bond acceptors (Lipinski definition) is 2. The fraction of sp³-hybridized carbons (Fsp3) is 0.417. The molecule has 0 unspecified atom stereocenters. The van der Waals surface area contributed by atoms with E-state index in [0.717, 1.165) is 12.8 Å². The lowest BCUT2D eigenvalue weighted by Crippen LogP contribution is -2.38. The zero-order valence-corrected chi connectivity index (χ0v) is 17.5. The largest absolute Gasteiger partial charge is 0.350 e. The molecule has 0 saturated heterocycles. The van der Waals surface area contributed by atoms with Crippen LogP contribution in [0.25, 0.3) is 0 Å². The van der Waals surface area contributed by atoms with E-state index >= 15 is 0 Å². The Morgan fingerprint density at radius 3 is 2.14 bits per heavy atom. The summed E-state index contributed by atoms with van der Waals surface area (Å²) < 4.78 is 0. The summed E-state index contributed by atoms with van der Waals surface area (Å²) in [4.78, 5) is 26.0. The first-order chi connectivity index (χ1) is 13.3. The zero-order valence-electron chi connectivity index (χ0n) is 17.5. The fourth-order valence-electron chi connectivity index (χ4n) is 3.07. The third kappa shape index (κ3) is 6.84. The second-order valence-electron chi connectivity index (χ2n) is 8.18. The van der Waals surface area contributed by atoms with Crippen LogP contribution >= 0.6 is 0 Å². The van der Waals surface area contributed by atoms with Crippen LogP contribution in [0, 0.1) is 0 Å². The van der Waals surface area contributed by atoms with Gasteiger partial charge in [-0.25, -0.2) is 0 Å². The Morgan fingerprint density at radius 1 is 0.929 bits per heavy atom. The fourth-order valence-corrected chi connectivity index (χ4v) is 3.07. The Hall–Kier alpha value is -2.62. The van der Waals surface area contributed by atoms with E-state index in [-0.39, 0.29) is 17.2 Å². The molecule has 4 heteroatoms. The average Bonchev–Trinajstić information content (AvgIpc) is 2.66. The lowest BCUT2D eigenvalue weighted by Gasteiger charge is -2.21. The molecule has 2 rings (SSSR count). The lowest BCUT2D eigenvalue weighted by atomic mass is 9.87. The molecule has 1 N–H and O–H groups in total. The monoisotopic (exact) mass is 380 g/mol. The normalized spacial score (nSPS) is 11.1. The van der Waals surface area contributed by atoms with Gasteiger partial charge in [-0.2, -0.15) is 0 Å². The van der Waals surface area contributed by atoms with Crippen molar-refractivity contribution in [2.24, 2.45) is 0 Å². The van der Waals surface area contributed by atoms with Crippen LogP contribution < -0.4 is 5.32 Å². The number of benzene rings is 2. The van der Waals surface area contributed by atoms with Gasteiger partial charge >= 0.3 is 0 Å². The Kier molecular flexibility index (Phi) is 7.80. The van der Waals surface area contributed by atoms with Gasteiger partial charge in [-0.15, -0.1) is 0 Å². The van der Waals surface area contributed by atoms with Crippen molar-refractivity contribution in [3.8, 4) is 0 Å². The van der Waals surface area contributed by atoms with Crippen LogP contribution in [0.3, 0.4) is 0 Å². The van der Waals surface area contributed by atoms with Crippen LogP contribution in [0.1, 0.15) is 55.6 Å². The topological polar surface area (TPSA) is 49.4 Å². The molecule has 0 radical (unpaired) electrons. The summed E-state index contributed by atoms with van der Waals surface area (Å²) in [5.74, 6) is -0.0647. The maximum Gasteiger partial charge on any atom is 0.251 e. The molecular weight excluding hydrogens is 348 g/mol. The molecule has 0 aliphatic heterocycles. The molecule has 0 atom stereocenters. The highest BCUT2D eigenvalue weighted by molar-refractivity contribution is 5.94. The SMILES string of the molecule is CC(=O)N(CCCc1ccccc1)CCNC(=O)c1ccc(C(C)(C)C)cc1. The minimum atomic E-state index is -0.103. The van der Waals surface area contributed by atoms with Crippen molar-refractivity contribution in [2.75, 3.05) is 19.6 Å². The van der Waals surface area contributed by atoms with Crippen LogP contribution in [-0.4, -0.2) is 36.3 Å². The summed E-state index contributed by atoms with van der Waals surface area (Å²) in [6, 6.07) is 18.0. The lowest BCUT2D eigenvalue weighted by molar-refractivity contribution is -0.128. The first kappa shape index (κ1) is 21.7. The third-order valence-corrected chi connectivity index (χ3v) is 4.86. The van der Waals surface area contributed by atoms with Gasteiger partial charge in [0.25, 0.3) is 5.91 Å². The Balaban J connectivity index is 1.78. The second kappa shape index (κ2) is 10.1. The van der Waals surface area contributed by atoms with Crippen molar-refractivity contribution in [3.63, 3.8) is 0 Å². The van der Waals surface area contributed by atoms with E-state index in [4.69, 9.17) is 0 Å². The first-order valence-corrected chi connectivity index (χ1v) is 9.95. The molecule has 28 heavy (non-hydrogen) atoms. The average molecular weight is 381 g/mol. The van der Waals surface area contributed by atoms with Gasteiger partial charge in [0.1, 0.15) is 0 Å². The summed E-state index contributed by atoms with van der Waals surface area (Å²) in [7, 11) is 0. The van der Waals surface area contributed by atoms with E-state index in [1.165, 1.54) is 11.1 Å². The molecule has 0 aromatic heterocycles. The van der Waals surface area contributed by atoms with Crippen LogP contribution in [0.15, 0.2) is 54.6 Å². The van der Waals surface area contributed by atoms with Crippen molar-refractivity contribution in [3.05, 3.63) is 71.3 Å². The summed E-state index contributed by atoms with van der Waals surface area (Å²) in [6.07, 6.45) is 1.85. The molecule has 0 heterocycles. The summed E-state index contributed by atoms with van der Waals surface area (Å²) >= 11 is 0. The standard InChI is InChI=1S/C24H32N2O2/c1-19(27)26(17-8-11-20-9-6-5-7-10-20)18-16-25-23(28)21-12-14-22(15-13-21)24(2,3)4/h5-7,9-10,12-15H,8,11,16-18H2,1-4H3,(H,25,28). The van der Waals surface area contributed by atoms with Gasteiger partial charge in [-0.05, 0) is 41.5 Å². The van der Waals surface area contributed by atoms with Crippen LogP contribution in [0.2, 0.25) is 0 Å². The highest BCUT2D eigenvalue weighted by Gasteiger charge is 2.14. The number of hydrogen-bond donors (Lipinski definition) is 1. The molecule has 4 nitrogen and oxygen atoms in total. The smallest absolute Gasteiger partial charge is 0.251 e. The number of aryl methyl sites for hydroxylation is 1. The van der Waals surface area contributed by atoms with E-state index in [2.05, 4.69) is 38.2 Å². The molecule has 2 aromatic carbocycles. The number of rotatable bonds is 8. The van der Waals surface area contributed by atoms with E-state index in [1.807, 2.05) is 42.5 Å². The Labute approximate surface area is 169 Å². The molecule has 0 saturated carbocycles. The highest BCUT2D eigenvalue weighted by atomic mass is 16.2. The number of amides is 2. The van der Waals surface area contributed by atoms with Gasteiger partial charge in [0.15, 0.2) is 0 Å². The zero-order chi connectivity index (χ0) is 20.6. The predicted octanol–water partition coefficient (Wildman–Crippen LogP) is 4.20. The molecule has 150 valence electrons. The Bertz CT molecular complexity index is 761. The Morgan fingerprint density at radius 2 is 1.57 bits per heavy atom. The predicted molar refractivity (Wildman–Crippen MR) is 114 cm³/mol. The van der Waals surface area contributed by atoms with E-state index in [0.29, 0.717) is 25.2 Å². The summed E-state index contributed by atoms with van der Waals surface area (Å²) in [5.41, 5.74) is 3.19. The van der Waals surface area contributed by atoms with Crippen molar-refractivity contribution >= 4 is 11.8 Å². The maximum absolute atomic E-state index is 12.3. The third-order valence-electron chi connectivity index (χ3n) is 4.86. The molecule has 0 aliphatic rings. The maximum atomic E-state index is 12.3. The number of carbonyl (C=O) groups excluding carboxylic acids is 2. The summed E-state index contributed by atoms with van der Waals surface area (Å²) in [6.45, 7) is 9.69. The van der Waals surface area contributed by atoms with Gasteiger partial charge < -0.3 is 10.2 Å². The number of nitrogens with zero attached hydrogens (tertiary/aromatic N) is 1. The van der Waals surface area contributed by atoms with Crippen LogP contribution in [-0.2, 0) is 16.6 Å². The molecule has 2 amide bonds. The number of carbonyl (C=O) groups is 2. The van der Waals surface area contributed by atoms with Gasteiger partial charge in [-0.1, -0.05) is 63.2 Å². The number of nitrogens with one attached hydrogen (secondary N) is 1. The van der Waals surface area contributed by atoms with Gasteiger partial charge in [0.05, 0.1) is 0 Å². The second-order valence-corrected chi connectivity index (χ2v) is 8.18.